The lowest BCUT2D eigenvalue weighted by Gasteiger charge is -1.97. The highest BCUT2D eigenvalue weighted by Crippen LogP contribution is 2.23. The first-order valence-corrected chi connectivity index (χ1v) is 7.08. The van der Waals surface area contributed by atoms with E-state index in [2.05, 4.69) is 0 Å². The first-order chi connectivity index (χ1) is 10.3. The minimum atomic E-state index is -0.148. The lowest BCUT2D eigenvalue weighted by molar-refractivity contribution is 1.59. The fraction of sp³-hybridized carbons (Fsp3) is 0. The number of hydrogen-bond acceptors (Lipinski definition) is 1. The quantitative estimate of drug-likeness (QED) is 0.647. The van der Waals surface area contributed by atoms with Crippen LogP contribution >= 0.6 is 11.6 Å². The van der Waals surface area contributed by atoms with Gasteiger partial charge in [-0.15, -0.1) is 0 Å². The zero-order chi connectivity index (χ0) is 14.7. The van der Waals surface area contributed by atoms with Crippen molar-refractivity contribution < 1.29 is 0 Å². The first-order valence-electron chi connectivity index (χ1n) is 6.70. The molecule has 0 aliphatic rings. The molecule has 0 saturated heterocycles. The average molecular weight is 293 g/mol. The van der Waals surface area contributed by atoms with Gasteiger partial charge in [-0.3, -0.25) is 4.79 Å². The molecule has 0 bridgehead atoms. The molecule has 0 aliphatic carbocycles. The van der Waals surface area contributed by atoms with Gasteiger partial charge < -0.3 is 0 Å². The topological polar surface area (TPSA) is 17.1 Å². The molecule has 3 rings (SSSR count). The van der Waals surface area contributed by atoms with Crippen molar-refractivity contribution in [3.05, 3.63) is 94.1 Å². The third kappa shape index (κ3) is 2.88. The summed E-state index contributed by atoms with van der Waals surface area (Å²) in [5.41, 5.74) is 3.31. The molecule has 0 spiro atoms. The first kappa shape index (κ1) is 13.6. The van der Waals surface area contributed by atoms with Gasteiger partial charge in [0.25, 0.3) is 0 Å². The second-order valence-electron chi connectivity index (χ2n) is 4.76. The summed E-state index contributed by atoms with van der Waals surface area (Å²) in [4.78, 5) is 12.4. The molecule has 3 aromatic carbocycles. The zero-order valence-corrected chi connectivity index (χ0v) is 12.0. The van der Waals surface area contributed by atoms with E-state index in [1.54, 1.807) is 6.07 Å². The van der Waals surface area contributed by atoms with Gasteiger partial charge in [-0.25, -0.2) is 0 Å². The van der Waals surface area contributed by atoms with E-state index in [1.165, 1.54) is 0 Å². The van der Waals surface area contributed by atoms with Gasteiger partial charge in [-0.05, 0) is 28.8 Å². The highest BCUT2D eigenvalue weighted by molar-refractivity contribution is 6.31. The smallest absolute Gasteiger partial charge is 0.204 e. The van der Waals surface area contributed by atoms with E-state index < -0.39 is 0 Å². The molecule has 0 heterocycles. The van der Waals surface area contributed by atoms with Crippen molar-refractivity contribution in [1.29, 1.82) is 0 Å². The summed E-state index contributed by atoms with van der Waals surface area (Å²) in [5.74, 6) is 0. The minimum absolute atomic E-state index is 0.148. The number of halogens is 1. The predicted octanol–water partition coefficient (Wildman–Crippen LogP) is 5.03. The van der Waals surface area contributed by atoms with Gasteiger partial charge in [-0.2, -0.15) is 0 Å². The molecule has 21 heavy (non-hydrogen) atoms. The Kier molecular flexibility index (Phi) is 3.85. The second-order valence-corrected chi connectivity index (χ2v) is 5.16. The maximum atomic E-state index is 12.4. The predicted molar refractivity (Wildman–Crippen MR) is 88.6 cm³/mol. The van der Waals surface area contributed by atoms with Crippen molar-refractivity contribution in [2.24, 2.45) is 0 Å². The minimum Gasteiger partial charge on any atom is -0.288 e. The van der Waals surface area contributed by atoms with E-state index in [1.807, 2.05) is 72.8 Å². The molecular weight excluding hydrogens is 280 g/mol. The van der Waals surface area contributed by atoms with Gasteiger partial charge in [0.2, 0.25) is 5.43 Å². The summed E-state index contributed by atoms with van der Waals surface area (Å²) in [5, 5.41) is 0.234. The summed E-state index contributed by atoms with van der Waals surface area (Å²) in [7, 11) is 0. The van der Waals surface area contributed by atoms with Gasteiger partial charge in [0.05, 0.1) is 5.02 Å². The molecule has 0 atom stereocenters. The maximum Gasteiger partial charge on any atom is 0.204 e. The summed E-state index contributed by atoms with van der Waals surface area (Å²) >= 11 is 6.19. The molecule has 0 fully saturated rings. The average Bonchev–Trinajstić information content (AvgIpc) is 2.69. The van der Waals surface area contributed by atoms with Gasteiger partial charge in [0, 0.05) is 5.56 Å². The van der Waals surface area contributed by atoms with Crippen LogP contribution in [0.2, 0.25) is 5.02 Å². The molecular formula is C19H13ClO. The molecule has 2 heteroatoms. The normalized spacial score (nSPS) is 10.3. The summed E-state index contributed by atoms with van der Waals surface area (Å²) in [6, 6.07) is 25.0. The Morgan fingerprint density at radius 1 is 0.619 bits per heavy atom. The third-order valence-electron chi connectivity index (χ3n) is 3.37. The van der Waals surface area contributed by atoms with E-state index in [4.69, 9.17) is 11.6 Å². The Balaban J connectivity index is 2.21. The van der Waals surface area contributed by atoms with Crippen LogP contribution in [0.5, 0.6) is 0 Å². The van der Waals surface area contributed by atoms with Crippen LogP contribution in [0.15, 0.2) is 83.7 Å². The Morgan fingerprint density at radius 3 is 1.81 bits per heavy atom. The lowest BCUT2D eigenvalue weighted by atomic mass is 10.1. The SMILES string of the molecule is O=c1c(Cl)cc(-c2ccccc2)ccc1-c1ccccc1. The summed E-state index contributed by atoms with van der Waals surface area (Å²) in [6.45, 7) is 0. The Hall–Kier alpha value is -2.38. The number of benzene rings is 2. The largest absolute Gasteiger partial charge is 0.288 e. The van der Waals surface area contributed by atoms with Gasteiger partial charge >= 0.3 is 0 Å². The number of hydrogen-bond donors (Lipinski definition) is 0. The molecule has 0 N–H and O–H groups in total. The van der Waals surface area contributed by atoms with Crippen LogP contribution in [0.25, 0.3) is 22.3 Å². The highest BCUT2D eigenvalue weighted by atomic mass is 35.5. The van der Waals surface area contributed by atoms with Crippen molar-refractivity contribution in [3.8, 4) is 22.3 Å². The molecule has 102 valence electrons. The molecule has 0 saturated carbocycles. The van der Waals surface area contributed by atoms with E-state index in [9.17, 15) is 4.79 Å². The van der Waals surface area contributed by atoms with E-state index in [0.717, 1.165) is 16.7 Å². The van der Waals surface area contributed by atoms with Crippen LogP contribution in [0.4, 0.5) is 0 Å². The Morgan fingerprint density at radius 2 is 1.19 bits per heavy atom. The molecule has 0 amide bonds. The Bertz CT molecular complexity index is 811. The molecule has 3 aromatic rings. The van der Waals surface area contributed by atoms with Crippen LogP contribution in [0.1, 0.15) is 0 Å². The van der Waals surface area contributed by atoms with E-state index in [0.29, 0.717) is 5.56 Å². The fourth-order valence-corrected chi connectivity index (χ4v) is 2.50. The Labute approximate surface area is 128 Å². The van der Waals surface area contributed by atoms with Crippen molar-refractivity contribution in [3.63, 3.8) is 0 Å². The van der Waals surface area contributed by atoms with Crippen LogP contribution in [0, 0.1) is 0 Å². The molecule has 0 aromatic heterocycles. The van der Waals surface area contributed by atoms with Crippen molar-refractivity contribution >= 4 is 11.6 Å². The van der Waals surface area contributed by atoms with Crippen LogP contribution < -0.4 is 5.43 Å². The maximum absolute atomic E-state index is 12.4. The highest BCUT2D eigenvalue weighted by Gasteiger charge is 2.06. The van der Waals surface area contributed by atoms with Crippen molar-refractivity contribution in [2.75, 3.05) is 0 Å². The fourth-order valence-electron chi connectivity index (χ4n) is 2.28. The monoisotopic (exact) mass is 292 g/mol. The zero-order valence-electron chi connectivity index (χ0n) is 11.3. The second kappa shape index (κ2) is 5.94. The number of rotatable bonds is 2. The van der Waals surface area contributed by atoms with Gasteiger partial charge in [0.15, 0.2) is 0 Å². The van der Waals surface area contributed by atoms with Gasteiger partial charge in [0.1, 0.15) is 0 Å². The van der Waals surface area contributed by atoms with E-state index >= 15 is 0 Å². The summed E-state index contributed by atoms with van der Waals surface area (Å²) in [6.07, 6.45) is 0. The standard InChI is InChI=1S/C19H13ClO/c20-18-13-16(14-7-3-1-4-8-14)11-12-17(19(18)21)15-9-5-2-6-10-15/h1-13H. The third-order valence-corrected chi connectivity index (χ3v) is 3.65. The van der Waals surface area contributed by atoms with Crippen molar-refractivity contribution in [1.82, 2.24) is 0 Å². The van der Waals surface area contributed by atoms with Crippen LogP contribution in [-0.4, -0.2) is 0 Å². The molecule has 0 aliphatic heterocycles. The van der Waals surface area contributed by atoms with Crippen molar-refractivity contribution in [2.45, 2.75) is 0 Å². The molecule has 1 nitrogen and oxygen atoms in total. The lowest BCUT2D eigenvalue weighted by Crippen LogP contribution is -2.01. The van der Waals surface area contributed by atoms with Crippen LogP contribution in [-0.2, 0) is 0 Å². The van der Waals surface area contributed by atoms with E-state index in [-0.39, 0.29) is 10.5 Å². The van der Waals surface area contributed by atoms with Gasteiger partial charge in [-0.1, -0.05) is 78.3 Å². The molecule has 0 unspecified atom stereocenters. The summed E-state index contributed by atoms with van der Waals surface area (Å²) < 4.78 is 0. The van der Waals surface area contributed by atoms with Crippen LogP contribution in [0.3, 0.4) is 0 Å². The molecule has 0 radical (unpaired) electrons.